The van der Waals surface area contributed by atoms with Gasteiger partial charge in [-0.2, -0.15) is 4.99 Å². The van der Waals surface area contributed by atoms with Crippen molar-refractivity contribution in [2.75, 3.05) is 20.5 Å². The largest absolute Gasteiger partial charge is 0.497 e. The van der Waals surface area contributed by atoms with E-state index >= 15 is 0 Å². The Bertz CT molecular complexity index is 1270. The zero-order valence-electron chi connectivity index (χ0n) is 16.6. The number of nitrogens with zero attached hydrogens (tertiary/aromatic N) is 2. The first-order chi connectivity index (χ1) is 14.2. The molecule has 0 unspecified atom stereocenters. The second-order valence-corrected chi connectivity index (χ2v) is 9.50. The van der Waals surface area contributed by atoms with Gasteiger partial charge < -0.3 is 14.0 Å². The van der Waals surface area contributed by atoms with Gasteiger partial charge in [0.2, 0.25) is 0 Å². The van der Waals surface area contributed by atoms with Crippen molar-refractivity contribution in [2.45, 2.75) is 17.9 Å². The molecular formula is C20H20N2O6S2. The molecular weight excluding hydrogens is 428 g/mol. The molecule has 1 amide bonds. The van der Waals surface area contributed by atoms with E-state index in [2.05, 4.69) is 4.99 Å². The lowest BCUT2D eigenvalue weighted by Crippen LogP contribution is -2.22. The minimum Gasteiger partial charge on any atom is -0.497 e. The quantitative estimate of drug-likeness (QED) is 0.534. The number of carbonyl (C=O) groups excluding carboxylic acids is 2. The normalized spacial score (nSPS) is 12.2. The van der Waals surface area contributed by atoms with Gasteiger partial charge in [0.15, 0.2) is 14.6 Å². The van der Waals surface area contributed by atoms with Crippen LogP contribution in [0.3, 0.4) is 0 Å². The third kappa shape index (κ3) is 4.95. The summed E-state index contributed by atoms with van der Waals surface area (Å²) in [6.45, 7) is -0.149. The Morgan fingerprint density at radius 3 is 2.40 bits per heavy atom. The standard InChI is InChI=1S/C20H20N2O6S2/c1-27-14-6-4-13(5-7-14)10-18(23)21-20-22(12-19(24)28-2)16-9-8-15(30(3,25)26)11-17(16)29-20/h4-9,11H,10,12H2,1-3H3. The number of rotatable bonds is 6. The molecule has 0 bridgehead atoms. The molecule has 3 aromatic rings. The first-order valence-corrected chi connectivity index (χ1v) is 11.5. The van der Waals surface area contributed by atoms with Crippen LogP contribution in [-0.2, 0) is 37.1 Å². The van der Waals surface area contributed by atoms with Crippen molar-refractivity contribution >= 4 is 43.3 Å². The number of aromatic nitrogens is 1. The molecule has 0 saturated heterocycles. The molecule has 0 aliphatic carbocycles. The Morgan fingerprint density at radius 1 is 1.10 bits per heavy atom. The second kappa shape index (κ2) is 8.80. The Kier molecular flexibility index (Phi) is 6.37. The molecule has 0 aliphatic heterocycles. The fourth-order valence-corrected chi connectivity index (χ4v) is 4.59. The van der Waals surface area contributed by atoms with Crippen molar-refractivity contribution < 1.29 is 27.5 Å². The van der Waals surface area contributed by atoms with Gasteiger partial charge in [-0.3, -0.25) is 9.59 Å². The van der Waals surface area contributed by atoms with E-state index in [0.29, 0.717) is 20.8 Å². The number of hydrogen-bond donors (Lipinski definition) is 0. The number of sulfone groups is 1. The van der Waals surface area contributed by atoms with Gasteiger partial charge in [0.1, 0.15) is 12.3 Å². The van der Waals surface area contributed by atoms with Crippen LogP contribution in [0.4, 0.5) is 0 Å². The maximum absolute atomic E-state index is 12.5. The summed E-state index contributed by atoms with van der Waals surface area (Å²) in [5.41, 5.74) is 1.36. The van der Waals surface area contributed by atoms with Crippen molar-refractivity contribution in [2.24, 2.45) is 4.99 Å². The topological polar surface area (TPSA) is 104 Å². The highest BCUT2D eigenvalue weighted by Gasteiger charge is 2.15. The molecule has 30 heavy (non-hydrogen) atoms. The summed E-state index contributed by atoms with van der Waals surface area (Å²) in [5.74, 6) is -0.218. The molecule has 0 saturated carbocycles. The smallest absolute Gasteiger partial charge is 0.325 e. The van der Waals surface area contributed by atoms with Gasteiger partial charge in [0.25, 0.3) is 5.91 Å². The van der Waals surface area contributed by atoms with Crippen molar-refractivity contribution in [3.8, 4) is 5.75 Å². The first-order valence-electron chi connectivity index (χ1n) is 8.82. The summed E-state index contributed by atoms with van der Waals surface area (Å²) < 4.78 is 35.7. The van der Waals surface area contributed by atoms with E-state index in [1.165, 1.54) is 19.2 Å². The third-order valence-electron chi connectivity index (χ3n) is 4.33. The number of hydrogen-bond acceptors (Lipinski definition) is 7. The van der Waals surface area contributed by atoms with E-state index in [9.17, 15) is 18.0 Å². The predicted molar refractivity (Wildman–Crippen MR) is 112 cm³/mol. The number of esters is 1. The highest BCUT2D eigenvalue weighted by molar-refractivity contribution is 7.90. The van der Waals surface area contributed by atoms with Crippen LogP contribution in [0.15, 0.2) is 52.4 Å². The molecule has 0 N–H and O–H groups in total. The number of benzene rings is 2. The van der Waals surface area contributed by atoms with E-state index in [1.54, 1.807) is 42.0 Å². The number of carbonyl (C=O) groups is 2. The van der Waals surface area contributed by atoms with Crippen LogP contribution in [0.2, 0.25) is 0 Å². The van der Waals surface area contributed by atoms with Crippen molar-refractivity contribution in [1.82, 2.24) is 4.57 Å². The number of thiazole rings is 1. The molecule has 8 nitrogen and oxygen atoms in total. The molecule has 10 heteroatoms. The van der Waals surface area contributed by atoms with Gasteiger partial charge in [0.05, 0.1) is 35.8 Å². The first kappa shape index (κ1) is 21.7. The van der Waals surface area contributed by atoms with Gasteiger partial charge in [-0.05, 0) is 35.9 Å². The molecule has 1 aromatic heterocycles. The average Bonchev–Trinajstić information content (AvgIpc) is 3.03. The highest BCUT2D eigenvalue weighted by Crippen LogP contribution is 2.22. The summed E-state index contributed by atoms with van der Waals surface area (Å²) in [6, 6.07) is 11.6. The zero-order valence-corrected chi connectivity index (χ0v) is 18.2. The summed E-state index contributed by atoms with van der Waals surface area (Å²) >= 11 is 1.13. The second-order valence-electron chi connectivity index (χ2n) is 6.48. The number of ether oxygens (including phenoxy) is 2. The summed E-state index contributed by atoms with van der Waals surface area (Å²) in [6.07, 6.45) is 1.19. The van der Waals surface area contributed by atoms with E-state index in [-0.39, 0.29) is 17.9 Å². The Labute approximate surface area is 177 Å². The molecule has 158 valence electrons. The van der Waals surface area contributed by atoms with Gasteiger partial charge in [-0.15, -0.1) is 0 Å². The lowest BCUT2D eigenvalue weighted by atomic mass is 10.1. The summed E-state index contributed by atoms with van der Waals surface area (Å²) in [7, 11) is -0.567. The minimum absolute atomic E-state index is 0.0745. The predicted octanol–water partition coefficient (Wildman–Crippen LogP) is 1.96. The molecule has 0 radical (unpaired) electrons. The molecule has 0 fully saturated rings. The number of methoxy groups -OCH3 is 2. The van der Waals surface area contributed by atoms with Crippen LogP contribution in [-0.4, -0.2) is 45.3 Å². The maximum atomic E-state index is 12.5. The average molecular weight is 449 g/mol. The Hall–Kier alpha value is -2.98. The van der Waals surface area contributed by atoms with Crippen LogP contribution in [0.5, 0.6) is 5.75 Å². The van der Waals surface area contributed by atoms with E-state index < -0.39 is 21.7 Å². The molecule has 1 heterocycles. The SMILES string of the molecule is COC(=O)Cn1c(=NC(=O)Cc2ccc(OC)cc2)sc2cc(S(C)(=O)=O)ccc21. The molecule has 0 aliphatic rings. The van der Waals surface area contributed by atoms with Crippen LogP contribution in [0.25, 0.3) is 10.2 Å². The van der Waals surface area contributed by atoms with Crippen LogP contribution in [0.1, 0.15) is 5.56 Å². The molecule has 2 aromatic carbocycles. The molecule has 0 spiro atoms. The van der Waals surface area contributed by atoms with Crippen molar-refractivity contribution in [1.29, 1.82) is 0 Å². The maximum Gasteiger partial charge on any atom is 0.325 e. The van der Waals surface area contributed by atoms with Crippen LogP contribution < -0.4 is 9.54 Å². The van der Waals surface area contributed by atoms with Crippen LogP contribution >= 0.6 is 11.3 Å². The highest BCUT2D eigenvalue weighted by atomic mass is 32.2. The summed E-state index contributed by atoms with van der Waals surface area (Å²) in [5, 5.41) is 0. The Balaban J connectivity index is 2.03. The van der Waals surface area contributed by atoms with E-state index in [4.69, 9.17) is 9.47 Å². The summed E-state index contributed by atoms with van der Waals surface area (Å²) in [4.78, 5) is 29.0. The number of fused-ring (bicyclic) bond motifs is 1. The van der Waals surface area contributed by atoms with Crippen molar-refractivity contribution in [3.63, 3.8) is 0 Å². The van der Waals surface area contributed by atoms with Crippen LogP contribution in [0, 0.1) is 0 Å². The lowest BCUT2D eigenvalue weighted by Gasteiger charge is -2.04. The lowest BCUT2D eigenvalue weighted by molar-refractivity contribution is -0.141. The zero-order chi connectivity index (χ0) is 21.9. The Morgan fingerprint density at radius 2 is 1.80 bits per heavy atom. The van der Waals surface area contributed by atoms with Gasteiger partial charge in [-0.1, -0.05) is 23.5 Å². The van der Waals surface area contributed by atoms with Gasteiger partial charge >= 0.3 is 5.97 Å². The fourth-order valence-electron chi connectivity index (χ4n) is 2.78. The molecule has 0 atom stereocenters. The molecule has 3 rings (SSSR count). The van der Waals surface area contributed by atoms with Crippen molar-refractivity contribution in [3.05, 3.63) is 52.8 Å². The monoisotopic (exact) mass is 448 g/mol. The van der Waals surface area contributed by atoms with Gasteiger partial charge in [0, 0.05) is 6.26 Å². The third-order valence-corrected chi connectivity index (χ3v) is 6.48. The van der Waals surface area contributed by atoms with Gasteiger partial charge in [-0.25, -0.2) is 8.42 Å². The minimum atomic E-state index is -3.40. The van der Waals surface area contributed by atoms with E-state index in [1.807, 2.05) is 0 Å². The fraction of sp³-hybridized carbons (Fsp3) is 0.250. The van der Waals surface area contributed by atoms with E-state index in [0.717, 1.165) is 23.2 Å². The number of amides is 1.